The second-order valence-electron chi connectivity index (χ2n) is 3.92. The van der Waals surface area contributed by atoms with Crippen LogP contribution in [0.15, 0.2) is 36.0 Å². The number of hydrogen-bond donors (Lipinski definition) is 2. The molecule has 0 fully saturated rings. The van der Waals surface area contributed by atoms with E-state index in [4.69, 9.17) is 10.00 Å². The number of nitriles is 1. The third kappa shape index (κ3) is 5.50. The number of rotatable bonds is 7. The van der Waals surface area contributed by atoms with Gasteiger partial charge in [-0.25, -0.2) is 4.39 Å². The molecular formula is C14H16FN3O2. The van der Waals surface area contributed by atoms with Crippen LogP contribution in [-0.2, 0) is 9.53 Å². The lowest BCUT2D eigenvalue weighted by molar-refractivity contribution is -0.117. The minimum atomic E-state index is -0.460. The van der Waals surface area contributed by atoms with Gasteiger partial charge in [0, 0.05) is 32.1 Å². The van der Waals surface area contributed by atoms with Crippen LogP contribution in [-0.4, -0.2) is 26.2 Å². The maximum absolute atomic E-state index is 12.7. The van der Waals surface area contributed by atoms with E-state index in [1.165, 1.54) is 30.5 Å². The molecule has 2 N–H and O–H groups in total. The van der Waals surface area contributed by atoms with Crippen LogP contribution in [0.5, 0.6) is 0 Å². The van der Waals surface area contributed by atoms with Crippen molar-refractivity contribution >= 4 is 11.6 Å². The van der Waals surface area contributed by atoms with Gasteiger partial charge in [-0.3, -0.25) is 4.79 Å². The van der Waals surface area contributed by atoms with Crippen molar-refractivity contribution in [2.75, 3.05) is 25.6 Å². The van der Waals surface area contributed by atoms with Crippen LogP contribution in [0.1, 0.15) is 6.42 Å². The van der Waals surface area contributed by atoms with Crippen molar-refractivity contribution in [2.45, 2.75) is 6.42 Å². The molecule has 0 saturated heterocycles. The second-order valence-corrected chi connectivity index (χ2v) is 3.92. The van der Waals surface area contributed by atoms with Gasteiger partial charge in [-0.05, 0) is 30.7 Å². The molecule has 6 heteroatoms. The highest BCUT2D eigenvalue weighted by Gasteiger charge is 2.07. The number of benzene rings is 1. The van der Waals surface area contributed by atoms with Crippen LogP contribution in [0.4, 0.5) is 10.1 Å². The molecule has 1 aromatic rings. The van der Waals surface area contributed by atoms with Crippen molar-refractivity contribution in [1.29, 1.82) is 5.26 Å². The molecule has 0 radical (unpaired) electrons. The van der Waals surface area contributed by atoms with Gasteiger partial charge in [0.1, 0.15) is 17.5 Å². The third-order valence-electron chi connectivity index (χ3n) is 2.40. The summed E-state index contributed by atoms with van der Waals surface area (Å²) in [6.07, 6.45) is 1.96. The van der Waals surface area contributed by atoms with Crippen LogP contribution in [0, 0.1) is 17.1 Å². The number of amides is 1. The van der Waals surface area contributed by atoms with Crippen LogP contribution in [0.2, 0.25) is 0 Å². The van der Waals surface area contributed by atoms with Crippen LogP contribution in [0.25, 0.3) is 0 Å². The molecule has 0 heterocycles. The number of hydrogen-bond acceptors (Lipinski definition) is 4. The number of halogens is 1. The number of methoxy groups -OCH3 is 1. The van der Waals surface area contributed by atoms with E-state index < -0.39 is 5.91 Å². The van der Waals surface area contributed by atoms with Gasteiger partial charge in [-0.1, -0.05) is 0 Å². The first-order valence-corrected chi connectivity index (χ1v) is 6.07. The lowest BCUT2D eigenvalue weighted by Gasteiger charge is -2.04. The fraction of sp³-hybridized carbons (Fsp3) is 0.286. The first-order valence-electron chi connectivity index (χ1n) is 6.07. The Balaban J connectivity index is 2.52. The number of nitrogens with one attached hydrogen (secondary N) is 2. The normalized spacial score (nSPS) is 10.8. The van der Waals surface area contributed by atoms with Crippen molar-refractivity contribution in [3.63, 3.8) is 0 Å². The summed E-state index contributed by atoms with van der Waals surface area (Å²) in [6.45, 7) is 0.974. The van der Waals surface area contributed by atoms with Crippen molar-refractivity contribution < 1.29 is 13.9 Å². The van der Waals surface area contributed by atoms with E-state index in [-0.39, 0.29) is 11.4 Å². The Morgan fingerprint density at radius 1 is 1.45 bits per heavy atom. The summed E-state index contributed by atoms with van der Waals surface area (Å²) in [4.78, 5) is 11.7. The largest absolute Gasteiger partial charge is 0.385 e. The molecule has 0 spiro atoms. The Morgan fingerprint density at radius 2 is 2.15 bits per heavy atom. The van der Waals surface area contributed by atoms with E-state index in [1.54, 1.807) is 13.2 Å². The highest BCUT2D eigenvalue weighted by Crippen LogP contribution is 2.08. The summed E-state index contributed by atoms with van der Waals surface area (Å²) in [5.74, 6) is -0.811. The molecule has 0 atom stereocenters. The first-order chi connectivity index (χ1) is 9.67. The summed E-state index contributed by atoms with van der Waals surface area (Å²) in [7, 11) is 1.58. The molecule has 20 heavy (non-hydrogen) atoms. The van der Waals surface area contributed by atoms with Crippen LogP contribution in [0.3, 0.4) is 0 Å². The summed E-state index contributed by atoms with van der Waals surface area (Å²) >= 11 is 0. The van der Waals surface area contributed by atoms with Crippen molar-refractivity contribution in [3.05, 3.63) is 41.9 Å². The van der Waals surface area contributed by atoms with E-state index in [9.17, 15) is 9.18 Å². The van der Waals surface area contributed by atoms with E-state index in [0.29, 0.717) is 25.3 Å². The SMILES string of the molecule is COCCCNC(=O)/C(C#N)=C\Nc1ccc(F)cc1. The molecule has 106 valence electrons. The van der Waals surface area contributed by atoms with Crippen LogP contribution >= 0.6 is 0 Å². The van der Waals surface area contributed by atoms with Gasteiger partial charge in [0.2, 0.25) is 0 Å². The lowest BCUT2D eigenvalue weighted by Crippen LogP contribution is -2.26. The molecular weight excluding hydrogens is 261 g/mol. The average Bonchev–Trinajstić information content (AvgIpc) is 2.46. The summed E-state index contributed by atoms with van der Waals surface area (Å²) in [5, 5.41) is 14.3. The number of nitrogens with zero attached hydrogens (tertiary/aromatic N) is 1. The number of ether oxygens (including phenoxy) is 1. The maximum atomic E-state index is 12.7. The quantitative estimate of drug-likeness (QED) is 0.453. The zero-order valence-corrected chi connectivity index (χ0v) is 11.1. The fourth-order valence-corrected chi connectivity index (χ4v) is 1.36. The Bertz CT molecular complexity index is 506. The summed E-state index contributed by atoms with van der Waals surface area (Å²) < 4.78 is 17.6. The topological polar surface area (TPSA) is 74.1 Å². The fourth-order valence-electron chi connectivity index (χ4n) is 1.36. The second kappa shape index (κ2) is 8.67. The third-order valence-corrected chi connectivity index (χ3v) is 2.40. The molecule has 0 aromatic heterocycles. The molecule has 5 nitrogen and oxygen atoms in total. The van der Waals surface area contributed by atoms with Crippen LogP contribution < -0.4 is 10.6 Å². The van der Waals surface area contributed by atoms with Gasteiger partial charge in [0.05, 0.1) is 0 Å². The molecule has 0 aliphatic heterocycles. The molecule has 0 bridgehead atoms. The van der Waals surface area contributed by atoms with Gasteiger partial charge in [-0.2, -0.15) is 5.26 Å². The molecule has 1 aromatic carbocycles. The smallest absolute Gasteiger partial charge is 0.263 e. The Hall–Kier alpha value is -2.39. The number of anilines is 1. The lowest BCUT2D eigenvalue weighted by atomic mass is 10.2. The Labute approximate surface area is 117 Å². The van der Waals surface area contributed by atoms with Gasteiger partial charge >= 0.3 is 0 Å². The maximum Gasteiger partial charge on any atom is 0.263 e. The van der Waals surface area contributed by atoms with Crippen molar-refractivity contribution in [1.82, 2.24) is 5.32 Å². The predicted octanol–water partition coefficient (Wildman–Crippen LogP) is 1.80. The van der Waals surface area contributed by atoms with E-state index in [0.717, 1.165) is 0 Å². The molecule has 0 saturated carbocycles. The highest BCUT2D eigenvalue weighted by atomic mass is 19.1. The summed E-state index contributed by atoms with van der Waals surface area (Å²) in [6, 6.07) is 7.40. The molecule has 1 amide bonds. The van der Waals surface area contributed by atoms with E-state index in [1.807, 2.05) is 0 Å². The van der Waals surface area contributed by atoms with E-state index in [2.05, 4.69) is 10.6 Å². The molecule has 0 aliphatic rings. The number of carbonyl (C=O) groups is 1. The van der Waals surface area contributed by atoms with Gasteiger partial charge in [0.25, 0.3) is 5.91 Å². The van der Waals surface area contributed by atoms with E-state index >= 15 is 0 Å². The standard InChI is InChI=1S/C14H16FN3O2/c1-20-8-2-7-17-14(19)11(9-16)10-18-13-5-3-12(15)4-6-13/h3-6,10,18H,2,7-8H2,1H3,(H,17,19)/b11-10-. The highest BCUT2D eigenvalue weighted by molar-refractivity contribution is 5.97. The molecule has 1 rings (SSSR count). The minimum absolute atomic E-state index is 0.0493. The zero-order valence-electron chi connectivity index (χ0n) is 11.1. The minimum Gasteiger partial charge on any atom is -0.385 e. The average molecular weight is 277 g/mol. The van der Waals surface area contributed by atoms with Crippen molar-refractivity contribution in [3.8, 4) is 6.07 Å². The monoisotopic (exact) mass is 277 g/mol. The van der Waals surface area contributed by atoms with Crippen molar-refractivity contribution in [2.24, 2.45) is 0 Å². The molecule has 0 aliphatic carbocycles. The number of carbonyl (C=O) groups excluding carboxylic acids is 1. The Morgan fingerprint density at radius 3 is 2.75 bits per heavy atom. The Kier molecular flexibility index (Phi) is 6.79. The first kappa shape index (κ1) is 15.7. The van der Waals surface area contributed by atoms with Gasteiger partial charge in [-0.15, -0.1) is 0 Å². The predicted molar refractivity (Wildman–Crippen MR) is 73.2 cm³/mol. The summed E-state index contributed by atoms with van der Waals surface area (Å²) in [5.41, 5.74) is 0.540. The van der Waals surface area contributed by atoms with Gasteiger partial charge in [0.15, 0.2) is 0 Å². The van der Waals surface area contributed by atoms with Gasteiger partial charge < -0.3 is 15.4 Å². The molecule has 0 unspecified atom stereocenters. The zero-order chi connectivity index (χ0) is 14.8.